The molecule has 0 unspecified atom stereocenters. The molecule has 0 aliphatic rings. The van der Waals surface area contributed by atoms with Crippen molar-refractivity contribution >= 4 is 51.3 Å². The Morgan fingerprint density at radius 1 is 1.11 bits per heavy atom. The molecule has 0 aliphatic heterocycles. The highest BCUT2D eigenvalue weighted by Crippen LogP contribution is 2.29. The number of carbonyl (C=O) groups is 2. The molecule has 0 radical (unpaired) electrons. The van der Waals surface area contributed by atoms with Crippen LogP contribution in [0.4, 0.5) is 16.5 Å². The van der Waals surface area contributed by atoms with Crippen molar-refractivity contribution in [2.24, 2.45) is 0 Å². The van der Waals surface area contributed by atoms with Crippen LogP contribution < -0.4 is 10.6 Å². The first-order chi connectivity index (χ1) is 13.4. The molecule has 0 spiro atoms. The van der Waals surface area contributed by atoms with Gasteiger partial charge in [-0.15, -0.1) is 10.2 Å². The third kappa shape index (κ3) is 5.17. The van der Waals surface area contributed by atoms with E-state index in [9.17, 15) is 9.59 Å². The highest BCUT2D eigenvalue weighted by molar-refractivity contribution is 8.01. The highest BCUT2D eigenvalue weighted by atomic mass is 32.2. The molecule has 0 bridgehead atoms. The number of Topliss-reactive ketones (excluding diaryl/α,β-unsaturated/α-hetero) is 1. The molecule has 2 aromatic carbocycles. The lowest BCUT2D eigenvalue weighted by Crippen LogP contribution is -2.14. The molecule has 28 heavy (non-hydrogen) atoms. The summed E-state index contributed by atoms with van der Waals surface area (Å²) in [5.74, 6) is 0.00993. The zero-order valence-corrected chi connectivity index (χ0v) is 17.4. The molecular formula is C20H20N4O2S2. The number of ketones is 1. The van der Waals surface area contributed by atoms with E-state index in [0.29, 0.717) is 20.7 Å². The van der Waals surface area contributed by atoms with Gasteiger partial charge >= 0.3 is 0 Å². The minimum atomic E-state index is -0.162. The van der Waals surface area contributed by atoms with Crippen LogP contribution in [-0.2, 0) is 4.79 Å². The minimum absolute atomic E-state index is 0.0387. The summed E-state index contributed by atoms with van der Waals surface area (Å²) in [5.41, 5.74) is 4.54. The Morgan fingerprint density at radius 2 is 1.89 bits per heavy atom. The first kappa shape index (κ1) is 20.0. The van der Waals surface area contributed by atoms with Gasteiger partial charge in [0.1, 0.15) is 0 Å². The number of anilines is 3. The lowest BCUT2D eigenvalue weighted by molar-refractivity contribution is -0.113. The number of hydrogen-bond acceptors (Lipinski definition) is 7. The fourth-order valence-corrected chi connectivity index (χ4v) is 4.02. The predicted octanol–water partition coefficient (Wildman–Crippen LogP) is 4.83. The Hall–Kier alpha value is -2.71. The molecule has 3 rings (SSSR count). The standard InChI is InChI=1S/C20H20N4O2S2/c1-12-6-4-9-17(13(12)2)22-19-23-24-20(28-19)27-11-18(26)21-16-8-5-7-15(10-16)14(3)25/h4-10H,11H2,1-3H3,(H,21,26)(H,22,23). The van der Waals surface area contributed by atoms with E-state index in [0.717, 1.165) is 5.69 Å². The Labute approximate surface area is 171 Å². The van der Waals surface area contributed by atoms with Gasteiger partial charge in [-0.2, -0.15) is 0 Å². The van der Waals surface area contributed by atoms with Crippen LogP contribution in [0.15, 0.2) is 46.8 Å². The fraction of sp³-hybridized carbons (Fsp3) is 0.200. The maximum Gasteiger partial charge on any atom is 0.234 e. The molecule has 0 fully saturated rings. The van der Waals surface area contributed by atoms with E-state index in [4.69, 9.17) is 0 Å². The summed E-state index contributed by atoms with van der Waals surface area (Å²) in [6, 6.07) is 12.9. The van der Waals surface area contributed by atoms with E-state index in [1.54, 1.807) is 24.3 Å². The molecular weight excluding hydrogens is 392 g/mol. The van der Waals surface area contributed by atoms with Gasteiger partial charge in [0.05, 0.1) is 5.75 Å². The van der Waals surface area contributed by atoms with Crippen molar-refractivity contribution in [3.8, 4) is 0 Å². The van der Waals surface area contributed by atoms with Gasteiger partial charge in [0, 0.05) is 16.9 Å². The summed E-state index contributed by atoms with van der Waals surface area (Å²) in [7, 11) is 0. The van der Waals surface area contributed by atoms with Gasteiger partial charge in [-0.3, -0.25) is 9.59 Å². The number of hydrogen-bond donors (Lipinski definition) is 2. The summed E-state index contributed by atoms with van der Waals surface area (Å²) in [5, 5.41) is 15.0. The molecule has 1 amide bonds. The largest absolute Gasteiger partial charge is 0.330 e. The summed E-state index contributed by atoms with van der Waals surface area (Å²) in [6.07, 6.45) is 0. The van der Waals surface area contributed by atoms with Crippen molar-refractivity contribution in [1.29, 1.82) is 0 Å². The molecule has 2 N–H and O–H groups in total. The van der Waals surface area contributed by atoms with Gasteiger partial charge in [-0.1, -0.05) is 47.4 Å². The summed E-state index contributed by atoms with van der Waals surface area (Å²) >= 11 is 2.72. The number of aromatic nitrogens is 2. The number of nitrogens with zero attached hydrogens (tertiary/aromatic N) is 2. The smallest absolute Gasteiger partial charge is 0.234 e. The van der Waals surface area contributed by atoms with E-state index >= 15 is 0 Å². The van der Waals surface area contributed by atoms with Crippen molar-refractivity contribution in [3.05, 3.63) is 59.2 Å². The Morgan fingerprint density at radius 3 is 2.68 bits per heavy atom. The second-order valence-electron chi connectivity index (χ2n) is 6.22. The van der Waals surface area contributed by atoms with Gasteiger partial charge in [0.15, 0.2) is 10.1 Å². The molecule has 0 saturated heterocycles. The van der Waals surface area contributed by atoms with Crippen molar-refractivity contribution in [1.82, 2.24) is 10.2 Å². The third-order valence-corrected chi connectivity index (χ3v) is 6.10. The second kappa shape index (κ2) is 8.99. The lowest BCUT2D eigenvalue weighted by Gasteiger charge is -2.08. The van der Waals surface area contributed by atoms with Crippen LogP contribution in [0.2, 0.25) is 0 Å². The Bertz CT molecular complexity index is 1020. The second-order valence-corrected chi connectivity index (χ2v) is 8.42. The number of thioether (sulfide) groups is 1. The van der Waals surface area contributed by atoms with Gasteiger partial charge < -0.3 is 10.6 Å². The van der Waals surface area contributed by atoms with Crippen LogP contribution >= 0.6 is 23.1 Å². The van der Waals surface area contributed by atoms with Crippen LogP contribution in [0.3, 0.4) is 0 Å². The van der Waals surface area contributed by atoms with Crippen LogP contribution in [0.1, 0.15) is 28.4 Å². The van der Waals surface area contributed by atoms with Crippen LogP contribution in [-0.4, -0.2) is 27.6 Å². The first-order valence-corrected chi connectivity index (χ1v) is 10.4. The molecule has 0 saturated carbocycles. The van der Waals surface area contributed by atoms with Crippen molar-refractivity contribution in [3.63, 3.8) is 0 Å². The Balaban J connectivity index is 1.55. The Kier molecular flexibility index (Phi) is 6.43. The van der Waals surface area contributed by atoms with E-state index in [1.165, 1.54) is 41.1 Å². The number of aryl methyl sites for hydroxylation is 1. The molecule has 0 atom stereocenters. The topological polar surface area (TPSA) is 84.0 Å². The quantitative estimate of drug-likeness (QED) is 0.427. The molecule has 1 heterocycles. The van der Waals surface area contributed by atoms with Gasteiger partial charge in [-0.25, -0.2) is 0 Å². The number of rotatable bonds is 7. The maximum atomic E-state index is 12.2. The maximum absolute atomic E-state index is 12.2. The third-order valence-electron chi connectivity index (χ3n) is 4.13. The monoisotopic (exact) mass is 412 g/mol. The van der Waals surface area contributed by atoms with Gasteiger partial charge in [-0.05, 0) is 50.1 Å². The van der Waals surface area contributed by atoms with Gasteiger partial charge in [0.2, 0.25) is 11.0 Å². The van der Waals surface area contributed by atoms with Gasteiger partial charge in [0.25, 0.3) is 0 Å². The molecule has 8 heteroatoms. The first-order valence-electron chi connectivity index (χ1n) is 8.63. The zero-order chi connectivity index (χ0) is 20.1. The minimum Gasteiger partial charge on any atom is -0.330 e. The summed E-state index contributed by atoms with van der Waals surface area (Å²) in [6.45, 7) is 5.61. The number of amides is 1. The van der Waals surface area contributed by atoms with Crippen molar-refractivity contribution < 1.29 is 9.59 Å². The zero-order valence-electron chi connectivity index (χ0n) is 15.8. The number of nitrogens with one attached hydrogen (secondary N) is 2. The molecule has 3 aromatic rings. The average Bonchev–Trinajstić information content (AvgIpc) is 3.11. The van der Waals surface area contributed by atoms with E-state index in [2.05, 4.69) is 40.7 Å². The molecule has 0 aliphatic carbocycles. The molecule has 144 valence electrons. The average molecular weight is 413 g/mol. The van der Waals surface area contributed by atoms with Crippen LogP contribution in [0, 0.1) is 13.8 Å². The lowest BCUT2D eigenvalue weighted by atomic mass is 10.1. The summed E-state index contributed by atoms with van der Waals surface area (Å²) in [4.78, 5) is 23.6. The molecule has 6 nitrogen and oxygen atoms in total. The van der Waals surface area contributed by atoms with Crippen molar-refractivity contribution in [2.45, 2.75) is 25.1 Å². The van der Waals surface area contributed by atoms with Crippen LogP contribution in [0.5, 0.6) is 0 Å². The number of benzene rings is 2. The predicted molar refractivity (Wildman–Crippen MR) is 115 cm³/mol. The van der Waals surface area contributed by atoms with E-state index < -0.39 is 0 Å². The number of carbonyl (C=O) groups excluding carboxylic acids is 2. The van der Waals surface area contributed by atoms with Crippen molar-refractivity contribution in [2.75, 3.05) is 16.4 Å². The van der Waals surface area contributed by atoms with E-state index in [-0.39, 0.29) is 17.4 Å². The molecule has 1 aromatic heterocycles. The fourth-order valence-electron chi connectivity index (χ4n) is 2.46. The SMILES string of the molecule is CC(=O)c1cccc(NC(=O)CSc2nnc(Nc3cccc(C)c3C)s2)c1. The van der Waals surface area contributed by atoms with Crippen LogP contribution in [0.25, 0.3) is 0 Å². The normalized spacial score (nSPS) is 10.5. The highest BCUT2D eigenvalue weighted by Gasteiger charge is 2.10. The summed E-state index contributed by atoms with van der Waals surface area (Å²) < 4.78 is 0.709. The van der Waals surface area contributed by atoms with E-state index in [1.807, 2.05) is 12.1 Å².